The Balaban J connectivity index is 0.679. The highest BCUT2D eigenvalue weighted by Crippen LogP contribution is 2.33. The Labute approximate surface area is 365 Å². The third kappa shape index (κ3) is 15.6. The summed E-state index contributed by atoms with van der Waals surface area (Å²) in [5, 5.41) is 0.905. The molecule has 6 rings (SSSR count). The SMILES string of the molecule is O=C(CCOCCOCCOCCOCCOCCOCCOCCOCCN1C(=O)C=CC1=O)N1CCN(c2ccc3nc(-c4ccc(N5CC[C@@H](F)C5)nc4)sc3c2)CC1. The predicted octanol–water partition coefficient (Wildman–Crippen LogP) is 3.00. The zero-order valence-corrected chi connectivity index (χ0v) is 36.2. The van der Waals surface area contributed by atoms with Gasteiger partial charge in [0.05, 0.1) is 135 Å². The number of imide groups is 1. The Bertz CT molecular complexity index is 1830. The van der Waals surface area contributed by atoms with Gasteiger partial charge in [-0.1, -0.05) is 0 Å². The van der Waals surface area contributed by atoms with E-state index in [1.165, 1.54) is 12.2 Å². The quantitative estimate of drug-likeness (QED) is 0.0709. The van der Waals surface area contributed by atoms with Gasteiger partial charge in [-0.15, -0.1) is 11.3 Å². The number of amides is 3. The molecule has 5 heterocycles. The van der Waals surface area contributed by atoms with E-state index in [9.17, 15) is 18.8 Å². The molecule has 0 bridgehead atoms. The van der Waals surface area contributed by atoms with E-state index < -0.39 is 6.17 Å². The molecule has 0 unspecified atom stereocenters. The second-order valence-corrected chi connectivity index (χ2v) is 15.6. The van der Waals surface area contributed by atoms with E-state index in [0.717, 1.165) is 50.3 Å². The third-order valence-corrected chi connectivity index (χ3v) is 11.3. The lowest BCUT2D eigenvalue weighted by Crippen LogP contribution is -2.49. The van der Waals surface area contributed by atoms with Crippen LogP contribution in [0.5, 0.6) is 0 Å². The summed E-state index contributed by atoms with van der Waals surface area (Å²) in [4.78, 5) is 52.5. The molecule has 0 radical (unpaired) electrons. The summed E-state index contributed by atoms with van der Waals surface area (Å²) in [5.41, 5.74) is 3.01. The van der Waals surface area contributed by atoms with Crippen LogP contribution in [0.2, 0.25) is 0 Å². The van der Waals surface area contributed by atoms with E-state index in [4.69, 9.17) is 42.9 Å². The lowest BCUT2D eigenvalue weighted by molar-refractivity contribution is -0.138. The molecule has 0 N–H and O–H groups in total. The molecule has 3 amide bonds. The Kier molecular flexibility index (Phi) is 20.2. The van der Waals surface area contributed by atoms with Gasteiger partial charge in [-0.25, -0.2) is 14.4 Å². The van der Waals surface area contributed by atoms with Gasteiger partial charge in [0.2, 0.25) is 5.91 Å². The van der Waals surface area contributed by atoms with E-state index in [-0.39, 0.29) is 30.9 Å². The number of halogens is 1. The number of pyridine rings is 1. The van der Waals surface area contributed by atoms with Gasteiger partial charge in [-0.2, -0.15) is 0 Å². The van der Waals surface area contributed by atoms with Gasteiger partial charge in [-0.3, -0.25) is 19.3 Å². The molecule has 1 aromatic carbocycles. The molecule has 2 fully saturated rings. The number of anilines is 2. The van der Waals surface area contributed by atoms with E-state index in [0.29, 0.717) is 138 Å². The minimum atomic E-state index is -0.785. The van der Waals surface area contributed by atoms with Gasteiger partial charge < -0.3 is 52.6 Å². The smallest absolute Gasteiger partial charge is 0.253 e. The van der Waals surface area contributed by atoms with Crippen molar-refractivity contribution in [3.63, 3.8) is 0 Å². The minimum absolute atomic E-state index is 0.0979. The third-order valence-electron chi connectivity index (χ3n) is 10.2. The topological polar surface area (TPSA) is 164 Å². The maximum atomic E-state index is 13.6. The second kappa shape index (κ2) is 26.4. The molecule has 340 valence electrons. The van der Waals surface area contributed by atoms with Crippen LogP contribution in [0.3, 0.4) is 0 Å². The van der Waals surface area contributed by atoms with Gasteiger partial charge in [0.1, 0.15) is 17.0 Å². The first-order valence-electron chi connectivity index (χ1n) is 21.4. The molecule has 0 aliphatic carbocycles. The van der Waals surface area contributed by atoms with Crippen LogP contribution in [0.25, 0.3) is 20.8 Å². The van der Waals surface area contributed by atoms with Gasteiger partial charge in [-0.05, 0) is 36.8 Å². The number of alkyl halides is 1. The number of ether oxygens (including phenoxy) is 8. The summed E-state index contributed by atoms with van der Waals surface area (Å²) in [6.07, 6.45) is 4.44. The second-order valence-electron chi connectivity index (χ2n) is 14.6. The standard InChI is InChI=1S/C43H59FN6O11S/c44-35-7-9-49(33-35)39-4-1-34(32-45-39)43-46-37-3-2-36(31-38(37)62-43)47-10-12-48(13-11-47)40(51)8-15-54-17-19-56-21-23-58-25-27-60-29-30-61-28-26-59-24-22-57-20-18-55-16-14-50-41(52)5-6-42(50)53/h1-6,31-32,35H,7-30,33H2/t35-/m1/s1. The van der Waals surface area contributed by atoms with Crippen molar-refractivity contribution in [2.24, 2.45) is 0 Å². The number of carbonyl (C=O) groups excluding carboxylic acids is 3. The van der Waals surface area contributed by atoms with Gasteiger partial charge >= 0.3 is 0 Å². The van der Waals surface area contributed by atoms with Crippen molar-refractivity contribution in [2.75, 3.05) is 161 Å². The first kappa shape index (κ1) is 47.3. The molecule has 62 heavy (non-hydrogen) atoms. The number of piperazine rings is 1. The van der Waals surface area contributed by atoms with Gasteiger partial charge in [0.25, 0.3) is 11.8 Å². The Morgan fingerprint density at radius 1 is 0.661 bits per heavy atom. The first-order valence-corrected chi connectivity index (χ1v) is 22.2. The van der Waals surface area contributed by atoms with Crippen LogP contribution in [-0.4, -0.2) is 195 Å². The molecule has 0 spiro atoms. The number of rotatable bonds is 30. The largest absolute Gasteiger partial charge is 0.379 e. The number of nitrogens with zero attached hydrogens (tertiary/aromatic N) is 6. The highest BCUT2D eigenvalue weighted by molar-refractivity contribution is 7.21. The first-order chi connectivity index (χ1) is 30.4. The van der Waals surface area contributed by atoms with E-state index in [1.54, 1.807) is 11.3 Å². The molecule has 2 aromatic heterocycles. The lowest BCUT2D eigenvalue weighted by atomic mass is 10.2. The zero-order valence-electron chi connectivity index (χ0n) is 35.3. The summed E-state index contributed by atoms with van der Waals surface area (Å²) in [6.45, 7) is 10.9. The van der Waals surface area contributed by atoms with Crippen LogP contribution in [-0.2, 0) is 52.3 Å². The monoisotopic (exact) mass is 886 g/mol. The van der Waals surface area contributed by atoms with Crippen molar-refractivity contribution in [1.29, 1.82) is 0 Å². The van der Waals surface area contributed by atoms with E-state index >= 15 is 0 Å². The summed E-state index contributed by atoms with van der Waals surface area (Å²) < 4.78 is 58.7. The predicted molar refractivity (Wildman–Crippen MR) is 230 cm³/mol. The van der Waals surface area contributed by atoms with Crippen LogP contribution >= 0.6 is 11.3 Å². The molecule has 0 saturated carbocycles. The van der Waals surface area contributed by atoms with Crippen molar-refractivity contribution in [1.82, 2.24) is 19.8 Å². The van der Waals surface area contributed by atoms with E-state index in [1.807, 2.05) is 28.1 Å². The highest BCUT2D eigenvalue weighted by Gasteiger charge is 2.24. The van der Waals surface area contributed by atoms with Crippen LogP contribution in [0.15, 0.2) is 48.7 Å². The molecule has 2 saturated heterocycles. The number of benzene rings is 1. The van der Waals surface area contributed by atoms with Crippen molar-refractivity contribution in [3.05, 3.63) is 48.7 Å². The van der Waals surface area contributed by atoms with Crippen LogP contribution in [0.4, 0.5) is 15.9 Å². The van der Waals surface area contributed by atoms with Crippen molar-refractivity contribution < 1.29 is 56.7 Å². The summed E-state index contributed by atoms with van der Waals surface area (Å²) in [5.74, 6) is 0.276. The molecule has 17 nitrogen and oxygen atoms in total. The summed E-state index contributed by atoms with van der Waals surface area (Å²) in [6, 6.07) is 10.3. The highest BCUT2D eigenvalue weighted by atomic mass is 32.1. The maximum absolute atomic E-state index is 13.6. The number of hydrogen-bond donors (Lipinski definition) is 0. The maximum Gasteiger partial charge on any atom is 0.253 e. The van der Waals surface area contributed by atoms with Crippen molar-refractivity contribution >= 4 is 50.8 Å². The summed E-state index contributed by atoms with van der Waals surface area (Å²) in [7, 11) is 0. The normalized spacial score (nSPS) is 16.8. The number of fused-ring (bicyclic) bond motifs is 1. The number of hydrogen-bond acceptors (Lipinski definition) is 16. The van der Waals surface area contributed by atoms with E-state index in [2.05, 4.69) is 28.1 Å². The fraction of sp³-hybridized carbons (Fsp3) is 0.605. The van der Waals surface area contributed by atoms with Gasteiger partial charge in [0.15, 0.2) is 0 Å². The van der Waals surface area contributed by atoms with Crippen LogP contribution in [0.1, 0.15) is 12.8 Å². The Morgan fingerprint density at radius 3 is 1.73 bits per heavy atom. The molecule has 1 atom stereocenters. The average molecular weight is 887 g/mol. The number of carbonyl (C=O) groups is 3. The van der Waals surface area contributed by atoms with Crippen molar-refractivity contribution in [3.8, 4) is 10.6 Å². The lowest BCUT2D eigenvalue weighted by Gasteiger charge is -2.36. The molecular weight excluding hydrogens is 828 g/mol. The number of thiazole rings is 1. The fourth-order valence-electron chi connectivity index (χ4n) is 6.84. The minimum Gasteiger partial charge on any atom is -0.379 e. The molecule has 19 heteroatoms. The van der Waals surface area contributed by atoms with Crippen LogP contribution < -0.4 is 9.80 Å². The molecular formula is C43H59FN6O11S. The van der Waals surface area contributed by atoms with Crippen molar-refractivity contribution in [2.45, 2.75) is 19.0 Å². The van der Waals surface area contributed by atoms with Gasteiger partial charge in [0, 0.05) is 62.3 Å². The average Bonchev–Trinajstić information content (AvgIpc) is 4.02. The number of aromatic nitrogens is 2. The Morgan fingerprint density at radius 2 is 1.21 bits per heavy atom. The van der Waals surface area contributed by atoms with Crippen LogP contribution in [0, 0.1) is 0 Å². The molecule has 3 aliphatic heterocycles. The molecule has 3 aliphatic rings. The molecule has 3 aromatic rings. The zero-order chi connectivity index (χ0) is 43.2. The Hall–Kier alpha value is -4.18. The summed E-state index contributed by atoms with van der Waals surface area (Å²) >= 11 is 1.63. The fourth-order valence-corrected chi connectivity index (χ4v) is 7.83.